The van der Waals surface area contributed by atoms with Gasteiger partial charge in [0.05, 0.1) is 12.8 Å². The lowest BCUT2D eigenvalue weighted by Gasteiger charge is -2.12. The van der Waals surface area contributed by atoms with Gasteiger partial charge in [-0.3, -0.25) is 9.59 Å². The zero-order valence-electron chi connectivity index (χ0n) is 22.1. The minimum atomic E-state index is -0.174. The van der Waals surface area contributed by atoms with Crippen LogP contribution in [-0.2, 0) is 4.79 Å². The second-order valence-electron chi connectivity index (χ2n) is 9.45. The third-order valence-corrected chi connectivity index (χ3v) is 6.02. The quantitative estimate of drug-likeness (QED) is 0.159. The zero-order valence-corrected chi connectivity index (χ0v) is 22.1. The molecule has 0 saturated heterocycles. The number of allylic oxidation sites excluding steroid dienone is 1. The lowest BCUT2D eigenvalue weighted by Crippen LogP contribution is -2.23. The minimum absolute atomic E-state index is 0.0385. The molecule has 2 amide bonds. The predicted octanol–water partition coefficient (Wildman–Crippen LogP) is 7.81. The molecule has 0 aliphatic rings. The number of benzene rings is 1. The number of carbonyl (C=O) groups excluding carboxylic acids is 2. The van der Waals surface area contributed by atoms with Gasteiger partial charge in [-0.15, -0.1) is 0 Å². The molecule has 0 aliphatic carbocycles. The molecule has 0 fully saturated rings. The highest BCUT2D eigenvalue weighted by Crippen LogP contribution is 2.26. The average molecular weight is 473 g/mol. The molecule has 0 bridgehead atoms. The van der Waals surface area contributed by atoms with Gasteiger partial charge in [0.2, 0.25) is 5.91 Å². The molecule has 0 radical (unpaired) electrons. The van der Waals surface area contributed by atoms with Gasteiger partial charge in [-0.2, -0.15) is 0 Å². The molecule has 0 aliphatic heterocycles. The van der Waals surface area contributed by atoms with Crippen molar-refractivity contribution in [2.24, 2.45) is 0 Å². The second-order valence-corrected chi connectivity index (χ2v) is 9.45. The summed E-state index contributed by atoms with van der Waals surface area (Å²) in [6.45, 7) is 6.72. The van der Waals surface area contributed by atoms with Crippen molar-refractivity contribution >= 4 is 17.5 Å². The van der Waals surface area contributed by atoms with Gasteiger partial charge in [-0.1, -0.05) is 95.6 Å². The standard InChI is InChI=1S/C29H48N2O3/c1-5-6-7-8-9-10-11-12-13-14-15-16-17-18-28(32)31-26-23-25(19-20-27(26)34-4)29(33)30-22-21-24(2)3/h19-21,23H,5-18,22H2,1-4H3,(H,30,33)(H,31,32). The Morgan fingerprint density at radius 2 is 1.41 bits per heavy atom. The number of rotatable bonds is 19. The van der Waals surface area contributed by atoms with E-state index < -0.39 is 0 Å². The van der Waals surface area contributed by atoms with E-state index in [0.29, 0.717) is 30.0 Å². The van der Waals surface area contributed by atoms with E-state index in [0.717, 1.165) is 18.4 Å². The molecule has 1 aromatic carbocycles. The molecule has 0 saturated carbocycles. The van der Waals surface area contributed by atoms with Crippen molar-refractivity contribution in [3.05, 3.63) is 35.4 Å². The number of amides is 2. The normalized spacial score (nSPS) is 10.6. The van der Waals surface area contributed by atoms with Crippen molar-refractivity contribution in [3.8, 4) is 5.75 Å². The summed E-state index contributed by atoms with van der Waals surface area (Å²) in [5.41, 5.74) is 2.19. The van der Waals surface area contributed by atoms with Crippen LogP contribution in [-0.4, -0.2) is 25.5 Å². The first-order chi connectivity index (χ1) is 16.5. The predicted molar refractivity (Wildman–Crippen MR) is 144 cm³/mol. The summed E-state index contributed by atoms with van der Waals surface area (Å²) in [5, 5.41) is 5.78. The Bertz CT molecular complexity index is 739. The number of carbonyl (C=O) groups is 2. The van der Waals surface area contributed by atoms with E-state index in [9.17, 15) is 9.59 Å². The molecule has 2 N–H and O–H groups in total. The van der Waals surface area contributed by atoms with E-state index in [2.05, 4.69) is 17.6 Å². The van der Waals surface area contributed by atoms with Gasteiger partial charge in [-0.05, 0) is 38.5 Å². The van der Waals surface area contributed by atoms with Crippen LogP contribution in [0.2, 0.25) is 0 Å². The van der Waals surface area contributed by atoms with Crippen LogP contribution in [0, 0.1) is 0 Å². The van der Waals surface area contributed by atoms with Crippen LogP contribution in [0.1, 0.15) is 121 Å². The van der Waals surface area contributed by atoms with E-state index in [-0.39, 0.29) is 11.8 Å². The Morgan fingerprint density at radius 3 is 1.94 bits per heavy atom. The Hall–Kier alpha value is -2.30. The number of methoxy groups -OCH3 is 1. The molecule has 0 atom stereocenters. The summed E-state index contributed by atoms with van der Waals surface area (Å²) in [5.74, 6) is 0.343. The van der Waals surface area contributed by atoms with Crippen molar-refractivity contribution in [1.82, 2.24) is 5.32 Å². The topological polar surface area (TPSA) is 67.4 Å². The summed E-state index contributed by atoms with van der Waals surface area (Å²) < 4.78 is 5.36. The highest BCUT2D eigenvalue weighted by molar-refractivity contribution is 5.98. The Labute approximate surface area is 208 Å². The first-order valence-electron chi connectivity index (χ1n) is 13.4. The zero-order chi connectivity index (χ0) is 25.0. The second kappa shape index (κ2) is 19.1. The Balaban J connectivity index is 2.25. The fourth-order valence-electron chi connectivity index (χ4n) is 3.91. The van der Waals surface area contributed by atoms with E-state index in [1.807, 2.05) is 19.9 Å². The summed E-state index contributed by atoms with van der Waals surface area (Å²) in [6.07, 6.45) is 19.1. The van der Waals surface area contributed by atoms with Gasteiger partial charge in [0.15, 0.2) is 0 Å². The highest BCUT2D eigenvalue weighted by atomic mass is 16.5. The maximum Gasteiger partial charge on any atom is 0.251 e. The molecule has 1 aromatic rings. The van der Waals surface area contributed by atoms with Crippen molar-refractivity contribution in [2.75, 3.05) is 19.0 Å². The van der Waals surface area contributed by atoms with Crippen LogP contribution in [0.3, 0.4) is 0 Å². The van der Waals surface area contributed by atoms with Gasteiger partial charge in [0.25, 0.3) is 5.91 Å². The monoisotopic (exact) mass is 472 g/mol. The molecular weight excluding hydrogens is 424 g/mol. The fraction of sp³-hybridized carbons (Fsp3) is 0.655. The van der Waals surface area contributed by atoms with Gasteiger partial charge >= 0.3 is 0 Å². The number of ether oxygens (including phenoxy) is 1. The molecule has 5 nitrogen and oxygen atoms in total. The number of unbranched alkanes of at least 4 members (excludes halogenated alkanes) is 12. The highest BCUT2D eigenvalue weighted by Gasteiger charge is 2.12. The minimum Gasteiger partial charge on any atom is -0.495 e. The SMILES string of the molecule is CCCCCCCCCCCCCCCC(=O)Nc1cc(C(=O)NCC=C(C)C)ccc1OC. The van der Waals surface area contributed by atoms with Crippen LogP contribution in [0.25, 0.3) is 0 Å². The molecule has 0 aromatic heterocycles. The van der Waals surface area contributed by atoms with Gasteiger partial charge < -0.3 is 15.4 Å². The first kappa shape index (κ1) is 29.7. The first-order valence-corrected chi connectivity index (χ1v) is 13.4. The molecule has 0 spiro atoms. The van der Waals surface area contributed by atoms with Crippen molar-refractivity contribution < 1.29 is 14.3 Å². The Kier molecular flexibility index (Phi) is 16.7. The molecule has 1 rings (SSSR count). The van der Waals surface area contributed by atoms with Gasteiger partial charge in [0, 0.05) is 18.5 Å². The van der Waals surface area contributed by atoms with Crippen LogP contribution in [0.15, 0.2) is 29.8 Å². The van der Waals surface area contributed by atoms with Crippen LogP contribution < -0.4 is 15.4 Å². The number of anilines is 1. The largest absolute Gasteiger partial charge is 0.495 e. The number of nitrogens with one attached hydrogen (secondary N) is 2. The van der Waals surface area contributed by atoms with Gasteiger partial charge in [0.1, 0.15) is 5.75 Å². The van der Waals surface area contributed by atoms with E-state index in [1.54, 1.807) is 25.3 Å². The van der Waals surface area contributed by atoms with Crippen LogP contribution in [0.4, 0.5) is 5.69 Å². The molecular formula is C29H48N2O3. The summed E-state index contributed by atoms with van der Waals surface area (Å²) in [6, 6.07) is 5.11. The summed E-state index contributed by atoms with van der Waals surface area (Å²) in [4.78, 5) is 24.8. The maximum atomic E-state index is 12.4. The fourth-order valence-corrected chi connectivity index (χ4v) is 3.91. The molecule has 5 heteroatoms. The number of hydrogen-bond donors (Lipinski definition) is 2. The van der Waals surface area contributed by atoms with Crippen LogP contribution in [0.5, 0.6) is 5.75 Å². The lowest BCUT2D eigenvalue weighted by molar-refractivity contribution is -0.116. The molecule has 192 valence electrons. The summed E-state index contributed by atoms with van der Waals surface area (Å²) in [7, 11) is 1.56. The van der Waals surface area contributed by atoms with E-state index >= 15 is 0 Å². The average Bonchev–Trinajstić information content (AvgIpc) is 2.81. The van der Waals surface area contributed by atoms with Gasteiger partial charge in [-0.25, -0.2) is 0 Å². The Morgan fingerprint density at radius 1 is 0.853 bits per heavy atom. The van der Waals surface area contributed by atoms with Crippen molar-refractivity contribution in [2.45, 2.75) is 111 Å². The lowest BCUT2D eigenvalue weighted by atomic mass is 10.0. The third-order valence-electron chi connectivity index (χ3n) is 6.02. The van der Waals surface area contributed by atoms with E-state index in [4.69, 9.17) is 4.74 Å². The summed E-state index contributed by atoms with van der Waals surface area (Å²) >= 11 is 0. The maximum absolute atomic E-state index is 12.4. The smallest absolute Gasteiger partial charge is 0.251 e. The van der Waals surface area contributed by atoms with Crippen molar-refractivity contribution in [1.29, 1.82) is 0 Å². The van der Waals surface area contributed by atoms with Crippen LogP contribution >= 0.6 is 0 Å². The number of hydrogen-bond acceptors (Lipinski definition) is 3. The molecule has 0 heterocycles. The van der Waals surface area contributed by atoms with Crippen molar-refractivity contribution in [3.63, 3.8) is 0 Å². The molecule has 34 heavy (non-hydrogen) atoms. The third kappa shape index (κ3) is 14.1. The van der Waals surface area contributed by atoms with E-state index in [1.165, 1.54) is 70.6 Å². The molecule has 0 unspecified atom stereocenters.